The summed E-state index contributed by atoms with van der Waals surface area (Å²) in [6, 6.07) is 1.41. The van der Waals surface area contributed by atoms with Crippen LogP contribution in [0.3, 0.4) is 0 Å². The molecule has 0 spiro atoms. The monoisotopic (exact) mass is 163 g/mol. The Labute approximate surface area is 64.8 Å². The Morgan fingerprint density at radius 2 is 1.89 bits per heavy atom. The lowest BCUT2D eigenvalue weighted by atomic mass is 10.3. The maximum atomic E-state index is 3.50. The fraction of sp³-hybridized carbons (Fsp3) is 1.00. The van der Waals surface area contributed by atoms with Gasteiger partial charge in [-0.3, -0.25) is 0 Å². The van der Waals surface area contributed by atoms with E-state index in [9.17, 15) is 0 Å². The molecule has 1 saturated heterocycles. The molecule has 1 fully saturated rings. The van der Waals surface area contributed by atoms with Crippen molar-refractivity contribution in [2.45, 2.75) is 25.9 Å². The van der Waals surface area contributed by atoms with Crippen LogP contribution in [0.1, 0.15) is 13.8 Å². The van der Waals surface area contributed by atoms with Crippen molar-refractivity contribution >= 4 is 21.6 Å². The average molecular weight is 163 g/mol. The summed E-state index contributed by atoms with van der Waals surface area (Å²) in [6.45, 7) is 4.40. The second-order valence-corrected chi connectivity index (χ2v) is 5.14. The van der Waals surface area contributed by atoms with Gasteiger partial charge in [0.05, 0.1) is 0 Å². The molecule has 1 N–H and O–H groups in total. The van der Waals surface area contributed by atoms with Gasteiger partial charge in [-0.05, 0) is 0 Å². The van der Waals surface area contributed by atoms with Crippen molar-refractivity contribution in [2.75, 3.05) is 11.5 Å². The van der Waals surface area contributed by atoms with Gasteiger partial charge in [-0.25, -0.2) is 0 Å². The molecule has 54 valence electrons. The number of hydrogen-bond donors (Lipinski definition) is 1. The lowest BCUT2D eigenvalue weighted by Crippen LogP contribution is -2.36. The standard InChI is InChI=1S/C6H13NS2/c1-5(2)7-6-3-8-9-4-6/h5-7H,3-4H2,1-2H3. The van der Waals surface area contributed by atoms with Crippen molar-refractivity contribution in [2.24, 2.45) is 0 Å². The summed E-state index contributed by atoms with van der Waals surface area (Å²) in [5, 5.41) is 3.50. The van der Waals surface area contributed by atoms with Crippen molar-refractivity contribution in [1.29, 1.82) is 0 Å². The summed E-state index contributed by atoms with van der Waals surface area (Å²) >= 11 is 0. The molecule has 1 rings (SSSR count). The van der Waals surface area contributed by atoms with E-state index in [0.717, 1.165) is 6.04 Å². The first-order valence-corrected chi connectivity index (χ1v) is 5.78. The molecule has 0 aromatic rings. The number of rotatable bonds is 2. The lowest BCUT2D eigenvalue weighted by molar-refractivity contribution is 0.531. The van der Waals surface area contributed by atoms with Crippen molar-refractivity contribution < 1.29 is 0 Å². The molecule has 0 bridgehead atoms. The van der Waals surface area contributed by atoms with Crippen LogP contribution in [-0.2, 0) is 0 Å². The third-order valence-electron chi connectivity index (χ3n) is 1.19. The van der Waals surface area contributed by atoms with Crippen LogP contribution in [0.5, 0.6) is 0 Å². The van der Waals surface area contributed by atoms with Crippen LogP contribution in [0.4, 0.5) is 0 Å². The highest BCUT2D eigenvalue weighted by Crippen LogP contribution is 2.30. The summed E-state index contributed by atoms with van der Waals surface area (Å²) in [7, 11) is 3.96. The number of hydrogen-bond acceptors (Lipinski definition) is 3. The molecule has 1 nitrogen and oxygen atoms in total. The first kappa shape index (κ1) is 7.76. The van der Waals surface area contributed by atoms with Gasteiger partial charge in [0, 0.05) is 23.6 Å². The maximum absolute atomic E-state index is 3.50. The van der Waals surface area contributed by atoms with Crippen LogP contribution >= 0.6 is 21.6 Å². The molecule has 1 aliphatic heterocycles. The van der Waals surface area contributed by atoms with Gasteiger partial charge in [-0.2, -0.15) is 0 Å². The molecule has 0 aliphatic carbocycles. The fourth-order valence-electron chi connectivity index (χ4n) is 0.876. The van der Waals surface area contributed by atoms with Crippen molar-refractivity contribution in [3.63, 3.8) is 0 Å². The van der Waals surface area contributed by atoms with Gasteiger partial charge in [0.25, 0.3) is 0 Å². The third-order valence-corrected chi connectivity index (χ3v) is 3.75. The van der Waals surface area contributed by atoms with E-state index in [2.05, 4.69) is 19.2 Å². The van der Waals surface area contributed by atoms with E-state index in [0.29, 0.717) is 6.04 Å². The van der Waals surface area contributed by atoms with Gasteiger partial charge in [-0.15, -0.1) is 0 Å². The Morgan fingerprint density at radius 3 is 2.33 bits per heavy atom. The molecule has 0 radical (unpaired) electrons. The van der Waals surface area contributed by atoms with Gasteiger partial charge in [0.2, 0.25) is 0 Å². The first-order valence-electron chi connectivity index (χ1n) is 3.29. The quantitative estimate of drug-likeness (QED) is 0.623. The minimum atomic E-state index is 0.648. The summed E-state index contributed by atoms with van der Waals surface area (Å²) < 4.78 is 0. The van der Waals surface area contributed by atoms with E-state index in [4.69, 9.17) is 0 Å². The van der Waals surface area contributed by atoms with Crippen LogP contribution in [0, 0.1) is 0 Å². The molecule has 1 heterocycles. The third kappa shape index (κ3) is 2.83. The topological polar surface area (TPSA) is 12.0 Å². The molecule has 9 heavy (non-hydrogen) atoms. The summed E-state index contributed by atoms with van der Waals surface area (Å²) in [6.07, 6.45) is 0. The molecule has 0 unspecified atom stereocenters. The minimum Gasteiger partial charge on any atom is -0.310 e. The van der Waals surface area contributed by atoms with Crippen molar-refractivity contribution in [3.8, 4) is 0 Å². The highest BCUT2D eigenvalue weighted by Gasteiger charge is 2.15. The molecule has 1 aliphatic rings. The predicted octanol–water partition coefficient (Wildman–Crippen LogP) is 1.75. The van der Waals surface area contributed by atoms with Crippen LogP contribution < -0.4 is 5.32 Å². The molecular weight excluding hydrogens is 150 g/mol. The Bertz CT molecular complexity index is 79.1. The van der Waals surface area contributed by atoms with Crippen molar-refractivity contribution in [1.82, 2.24) is 5.32 Å². The fourth-order valence-corrected chi connectivity index (χ4v) is 3.54. The zero-order valence-electron chi connectivity index (χ0n) is 5.89. The molecule has 3 heteroatoms. The summed E-state index contributed by atoms with van der Waals surface area (Å²) in [5.41, 5.74) is 0. The Hall–Kier alpha value is 0.660. The van der Waals surface area contributed by atoms with Crippen LogP contribution in [0.15, 0.2) is 0 Å². The van der Waals surface area contributed by atoms with Crippen molar-refractivity contribution in [3.05, 3.63) is 0 Å². The molecule has 0 atom stereocenters. The zero-order chi connectivity index (χ0) is 6.69. The van der Waals surface area contributed by atoms with Gasteiger partial charge in [-0.1, -0.05) is 35.4 Å². The van der Waals surface area contributed by atoms with E-state index in [1.807, 2.05) is 21.6 Å². The summed E-state index contributed by atoms with van der Waals surface area (Å²) in [4.78, 5) is 0. The van der Waals surface area contributed by atoms with E-state index in [-0.39, 0.29) is 0 Å². The van der Waals surface area contributed by atoms with Gasteiger partial charge in [0.1, 0.15) is 0 Å². The van der Waals surface area contributed by atoms with E-state index in [1.165, 1.54) is 11.5 Å². The van der Waals surface area contributed by atoms with Gasteiger partial charge >= 0.3 is 0 Å². The van der Waals surface area contributed by atoms with Gasteiger partial charge < -0.3 is 5.32 Å². The zero-order valence-corrected chi connectivity index (χ0v) is 7.52. The van der Waals surface area contributed by atoms with Crippen LogP contribution in [-0.4, -0.2) is 23.6 Å². The largest absolute Gasteiger partial charge is 0.310 e. The minimum absolute atomic E-state index is 0.648. The van der Waals surface area contributed by atoms with E-state index >= 15 is 0 Å². The van der Waals surface area contributed by atoms with E-state index < -0.39 is 0 Å². The predicted molar refractivity (Wildman–Crippen MR) is 47.0 cm³/mol. The highest BCUT2D eigenvalue weighted by atomic mass is 33.1. The second-order valence-electron chi connectivity index (χ2n) is 2.59. The second kappa shape index (κ2) is 3.74. The Kier molecular flexibility index (Phi) is 3.22. The maximum Gasteiger partial charge on any atom is 0.0267 e. The molecule has 0 amide bonds. The summed E-state index contributed by atoms with van der Waals surface area (Å²) in [5.74, 6) is 2.56. The van der Waals surface area contributed by atoms with Gasteiger partial charge in [0.15, 0.2) is 0 Å². The Balaban J connectivity index is 2.11. The highest BCUT2D eigenvalue weighted by molar-refractivity contribution is 8.77. The molecule has 0 saturated carbocycles. The SMILES string of the molecule is CC(C)NC1CSSC1. The average Bonchev–Trinajstić information content (AvgIpc) is 2.15. The molecule has 0 aromatic heterocycles. The Morgan fingerprint density at radius 1 is 1.33 bits per heavy atom. The lowest BCUT2D eigenvalue weighted by Gasteiger charge is -2.12. The first-order chi connectivity index (χ1) is 4.29. The molecular formula is C6H13NS2. The number of nitrogens with one attached hydrogen (secondary N) is 1. The van der Waals surface area contributed by atoms with Crippen LogP contribution in [0.25, 0.3) is 0 Å². The normalized spacial score (nSPS) is 21.7. The van der Waals surface area contributed by atoms with Crippen LogP contribution in [0.2, 0.25) is 0 Å². The smallest absolute Gasteiger partial charge is 0.0267 e. The molecule has 0 aromatic carbocycles. The van der Waals surface area contributed by atoms with E-state index in [1.54, 1.807) is 0 Å².